The molecule has 8 heteroatoms. The van der Waals surface area contributed by atoms with Crippen LogP contribution in [-0.2, 0) is 10.2 Å². The molecule has 7 nitrogen and oxygen atoms in total. The summed E-state index contributed by atoms with van der Waals surface area (Å²) in [6, 6.07) is 4.60. The highest BCUT2D eigenvalue weighted by atomic mass is 19.1. The predicted octanol–water partition coefficient (Wildman–Crippen LogP) is 2.03. The lowest BCUT2D eigenvalue weighted by Gasteiger charge is -2.61. The molecule has 0 spiro atoms. The number of nitrogens with zero attached hydrogens (tertiary/aromatic N) is 1. The number of aryl methyl sites for hydroxylation is 1. The molecule has 3 amide bonds. The van der Waals surface area contributed by atoms with Crippen LogP contribution in [0.15, 0.2) is 18.2 Å². The molecule has 4 atom stereocenters. The number of nitrogens with one attached hydrogen (secondary N) is 1. The molecule has 1 saturated carbocycles. The van der Waals surface area contributed by atoms with Gasteiger partial charge >= 0.3 is 6.03 Å². The minimum atomic E-state index is -1.15. The lowest BCUT2D eigenvalue weighted by atomic mass is 9.51. The van der Waals surface area contributed by atoms with E-state index in [9.17, 15) is 19.1 Å². The molecular weight excluding hydrogens is 389 g/mol. The van der Waals surface area contributed by atoms with Crippen LogP contribution >= 0.6 is 0 Å². The van der Waals surface area contributed by atoms with Crippen molar-refractivity contribution in [2.45, 2.75) is 56.6 Å². The van der Waals surface area contributed by atoms with Gasteiger partial charge in [0, 0.05) is 23.9 Å². The van der Waals surface area contributed by atoms with Crippen molar-refractivity contribution in [3.8, 4) is 5.75 Å². The van der Waals surface area contributed by atoms with E-state index in [-0.39, 0.29) is 12.6 Å². The number of carbonyl (C=O) groups excluding carboxylic acids is 2. The van der Waals surface area contributed by atoms with Gasteiger partial charge in [0.25, 0.3) is 0 Å². The largest absolute Gasteiger partial charge is 0.497 e. The van der Waals surface area contributed by atoms with Gasteiger partial charge in [-0.15, -0.1) is 0 Å². The van der Waals surface area contributed by atoms with Gasteiger partial charge in [0.2, 0.25) is 5.91 Å². The van der Waals surface area contributed by atoms with Crippen molar-refractivity contribution in [1.29, 1.82) is 0 Å². The Balaban J connectivity index is 2.10. The van der Waals surface area contributed by atoms with Crippen molar-refractivity contribution >= 4 is 11.9 Å². The maximum Gasteiger partial charge on any atom is 0.318 e. The number of aliphatic hydroxyl groups is 1. The Kier molecular flexibility index (Phi) is 6.38. The molecule has 1 heterocycles. The number of urea groups is 1. The van der Waals surface area contributed by atoms with Crippen LogP contribution in [0.5, 0.6) is 5.75 Å². The lowest BCUT2D eigenvalue weighted by molar-refractivity contribution is -0.167. The second kappa shape index (κ2) is 8.51. The number of imide groups is 1. The number of primary amides is 1. The number of hydrogen-bond acceptors (Lipinski definition) is 5. The van der Waals surface area contributed by atoms with Crippen LogP contribution in [0.25, 0.3) is 0 Å². The normalized spacial score (nSPS) is 31.6. The van der Waals surface area contributed by atoms with Gasteiger partial charge in [0.15, 0.2) is 0 Å². The zero-order valence-electron chi connectivity index (χ0n) is 17.9. The second-order valence-corrected chi connectivity index (χ2v) is 8.63. The van der Waals surface area contributed by atoms with E-state index in [2.05, 4.69) is 5.32 Å². The Bertz CT molecular complexity index is 820. The zero-order chi connectivity index (χ0) is 22.1. The number of amides is 3. The first kappa shape index (κ1) is 22.5. The first-order valence-corrected chi connectivity index (χ1v) is 10.5. The first-order valence-electron chi connectivity index (χ1n) is 10.5. The highest BCUT2D eigenvalue weighted by Gasteiger charge is 2.61. The molecule has 2 aliphatic rings. The fourth-order valence-electron chi connectivity index (χ4n) is 5.67. The molecule has 1 saturated heterocycles. The number of piperidine rings is 1. The standard InChI is InChI=1S/C22H32FN3O4/c1-14-4-5-17(30-3)12-18(14)21-8-10-26(11-9-23)15(2)22(21,29)7-6-16(13-21)19(27)25-20(24)28/h4-5,12,15-16,29H,6-11,13H2,1-3H3,(H3,24,25,27,28). The van der Waals surface area contributed by atoms with Crippen LogP contribution < -0.4 is 15.8 Å². The predicted molar refractivity (Wildman–Crippen MR) is 111 cm³/mol. The van der Waals surface area contributed by atoms with E-state index in [4.69, 9.17) is 10.5 Å². The molecule has 4 N–H and O–H groups in total. The summed E-state index contributed by atoms with van der Waals surface area (Å²) < 4.78 is 18.6. The third-order valence-corrected chi connectivity index (χ3v) is 7.31. The molecule has 1 aliphatic carbocycles. The Morgan fingerprint density at radius 1 is 1.40 bits per heavy atom. The Labute approximate surface area is 176 Å². The van der Waals surface area contributed by atoms with Crippen molar-refractivity contribution in [1.82, 2.24) is 10.2 Å². The van der Waals surface area contributed by atoms with Gasteiger partial charge in [-0.2, -0.15) is 0 Å². The van der Waals surface area contributed by atoms with Crippen molar-refractivity contribution in [3.05, 3.63) is 29.3 Å². The van der Waals surface area contributed by atoms with Gasteiger partial charge in [0.1, 0.15) is 12.4 Å². The maximum atomic E-state index is 13.1. The van der Waals surface area contributed by atoms with Crippen LogP contribution in [0, 0.1) is 12.8 Å². The number of rotatable bonds is 5. The number of methoxy groups -OCH3 is 1. The van der Waals surface area contributed by atoms with Gasteiger partial charge in [-0.1, -0.05) is 6.07 Å². The van der Waals surface area contributed by atoms with E-state index in [0.29, 0.717) is 38.0 Å². The van der Waals surface area contributed by atoms with Crippen molar-refractivity contribution < 1.29 is 23.8 Å². The van der Waals surface area contributed by atoms with Crippen molar-refractivity contribution in [3.63, 3.8) is 0 Å². The first-order chi connectivity index (χ1) is 14.2. The third-order valence-electron chi connectivity index (χ3n) is 7.31. The summed E-state index contributed by atoms with van der Waals surface area (Å²) >= 11 is 0. The zero-order valence-corrected chi connectivity index (χ0v) is 17.9. The number of alkyl halides is 1. The molecule has 0 bridgehead atoms. The van der Waals surface area contributed by atoms with Crippen LogP contribution in [0.3, 0.4) is 0 Å². The second-order valence-electron chi connectivity index (χ2n) is 8.63. The average Bonchev–Trinajstić information content (AvgIpc) is 2.71. The fourth-order valence-corrected chi connectivity index (χ4v) is 5.67. The summed E-state index contributed by atoms with van der Waals surface area (Å²) in [6.45, 7) is 4.31. The van der Waals surface area contributed by atoms with E-state index in [1.807, 2.05) is 36.9 Å². The highest BCUT2D eigenvalue weighted by molar-refractivity contribution is 5.94. The maximum absolute atomic E-state index is 13.1. The van der Waals surface area contributed by atoms with E-state index in [1.54, 1.807) is 7.11 Å². The van der Waals surface area contributed by atoms with Crippen LogP contribution in [-0.4, -0.2) is 60.5 Å². The highest BCUT2D eigenvalue weighted by Crippen LogP contribution is 2.56. The molecule has 1 aromatic carbocycles. The number of carbonyl (C=O) groups is 2. The van der Waals surface area contributed by atoms with Gasteiger partial charge in [-0.05, 0) is 69.3 Å². The number of hydrogen-bond donors (Lipinski definition) is 3. The summed E-state index contributed by atoms with van der Waals surface area (Å²) in [5, 5.41) is 14.3. The minimum absolute atomic E-state index is 0.266. The summed E-state index contributed by atoms with van der Waals surface area (Å²) in [4.78, 5) is 25.9. The number of benzene rings is 1. The number of nitrogens with two attached hydrogens (primary N) is 1. The lowest BCUT2D eigenvalue weighted by Crippen LogP contribution is -2.70. The summed E-state index contributed by atoms with van der Waals surface area (Å²) in [5.41, 5.74) is 5.21. The number of halogens is 1. The summed E-state index contributed by atoms with van der Waals surface area (Å²) in [5.74, 6) is -0.193. The molecule has 4 unspecified atom stereocenters. The SMILES string of the molecule is COc1ccc(C)c(C23CCN(CCF)C(C)C2(O)CCC(C(=O)NC(N)=O)C3)c1. The van der Waals surface area contributed by atoms with Crippen LogP contribution in [0.4, 0.5) is 9.18 Å². The molecule has 0 radical (unpaired) electrons. The average molecular weight is 422 g/mol. The van der Waals surface area contributed by atoms with Crippen molar-refractivity contribution in [2.75, 3.05) is 26.9 Å². The third kappa shape index (κ3) is 3.67. The molecule has 166 valence electrons. The number of fused-ring (bicyclic) bond motifs is 1. The Hall–Kier alpha value is -2.19. The van der Waals surface area contributed by atoms with Gasteiger partial charge < -0.3 is 15.6 Å². The Morgan fingerprint density at radius 2 is 2.13 bits per heavy atom. The quantitative estimate of drug-likeness (QED) is 0.675. The van der Waals surface area contributed by atoms with E-state index in [1.165, 1.54) is 0 Å². The smallest absolute Gasteiger partial charge is 0.318 e. The topological polar surface area (TPSA) is 105 Å². The van der Waals surface area contributed by atoms with Crippen molar-refractivity contribution in [2.24, 2.45) is 11.7 Å². The summed E-state index contributed by atoms with van der Waals surface area (Å²) in [6.07, 6.45) is 1.74. The fraction of sp³-hybridized carbons (Fsp3) is 0.636. The molecule has 30 heavy (non-hydrogen) atoms. The minimum Gasteiger partial charge on any atom is -0.497 e. The molecule has 1 aromatic rings. The molecular formula is C22H32FN3O4. The van der Waals surface area contributed by atoms with Gasteiger partial charge in [-0.25, -0.2) is 9.18 Å². The Morgan fingerprint density at radius 3 is 2.77 bits per heavy atom. The number of ether oxygens (including phenoxy) is 1. The molecule has 1 aliphatic heterocycles. The van der Waals surface area contributed by atoms with Crippen LogP contribution in [0.2, 0.25) is 0 Å². The molecule has 3 rings (SSSR count). The molecule has 2 fully saturated rings. The van der Waals surface area contributed by atoms with Gasteiger partial charge in [0.05, 0.1) is 12.7 Å². The van der Waals surface area contributed by atoms with E-state index < -0.39 is 35.5 Å². The molecule has 0 aromatic heterocycles. The number of likely N-dealkylation sites (tertiary alicyclic amines) is 1. The van der Waals surface area contributed by atoms with E-state index in [0.717, 1.165) is 11.1 Å². The van der Waals surface area contributed by atoms with E-state index >= 15 is 0 Å². The van der Waals surface area contributed by atoms with Crippen LogP contribution in [0.1, 0.15) is 43.7 Å². The monoisotopic (exact) mass is 421 g/mol. The van der Waals surface area contributed by atoms with Gasteiger partial charge in [-0.3, -0.25) is 15.0 Å². The summed E-state index contributed by atoms with van der Waals surface area (Å²) in [7, 11) is 1.59.